The van der Waals surface area contributed by atoms with Crippen molar-refractivity contribution in [3.63, 3.8) is 0 Å². The Labute approximate surface area is 217 Å². The molecule has 3 aromatic rings. The molecule has 1 aromatic heterocycles. The lowest BCUT2D eigenvalue weighted by atomic mass is 9.95. The number of benzene rings is 2. The topological polar surface area (TPSA) is 87.9 Å². The van der Waals surface area contributed by atoms with Crippen molar-refractivity contribution < 1.29 is 19.4 Å². The normalized spacial score (nSPS) is 20.3. The molecule has 8 nitrogen and oxygen atoms in total. The maximum absolute atomic E-state index is 13.3. The summed E-state index contributed by atoms with van der Waals surface area (Å²) in [6, 6.07) is 16.3. The number of aliphatic hydroxyl groups is 1. The Kier molecular flexibility index (Phi) is 7.04. The van der Waals surface area contributed by atoms with Crippen molar-refractivity contribution >= 4 is 33.4 Å². The summed E-state index contributed by atoms with van der Waals surface area (Å²) >= 11 is 3.45. The molecule has 0 saturated carbocycles. The molecular formula is C27H27BrN4O4. The Morgan fingerprint density at radius 2 is 1.75 bits per heavy atom. The Hall–Kier alpha value is -3.27. The molecule has 1 atom stereocenters. The Balaban J connectivity index is 1.55. The molecule has 2 aliphatic rings. The fourth-order valence-electron chi connectivity index (χ4n) is 4.79. The molecule has 1 N–H and O–H groups in total. The minimum absolute atomic E-state index is 0.0833. The zero-order valence-corrected chi connectivity index (χ0v) is 21.5. The lowest BCUT2D eigenvalue weighted by Gasteiger charge is -2.31. The number of amides is 1. The zero-order valence-electron chi connectivity index (χ0n) is 19.9. The number of hydrogen-bond donors (Lipinski definition) is 1. The number of likely N-dealkylation sites (tertiary alicyclic amines) is 1. The van der Waals surface area contributed by atoms with Gasteiger partial charge in [-0.05, 0) is 36.8 Å². The van der Waals surface area contributed by atoms with Gasteiger partial charge >= 0.3 is 0 Å². The lowest BCUT2D eigenvalue weighted by Crippen LogP contribution is -2.42. The van der Waals surface area contributed by atoms with Crippen LogP contribution in [0.25, 0.3) is 11.4 Å². The quantitative estimate of drug-likeness (QED) is 0.286. The second-order valence-corrected chi connectivity index (χ2v) is 9.80. The number of ketones is 1. The highest BCUT2D eigenvalue weighted by atomic mass is 79.9. The van der Waals surface area contributed by atoms with Crippen molar-refractivity contribution in [2.45, 2.75) is 13.0 Å². The summed E-state index contributed by atoms with van der Waals surface area (Å²) in [6.45, 7) is 5.69. The summed E-state index contributed by atoms with van der Waals surface area (Å²) in [5.74, 6) is -1.50. The van der Waals surface area contributed by atoms with Crippen LogP contribution in [0.15, 0.2) is 70.8 Å². The molecule has 2 saturated heterocycles. The summed E-state index contributed by atoms with van der Waals surface area (Å²) in [7, 11) is 0. The minimum atomic E-state index is -0.696. The Morgan fingerprint density at radius 3 is 2.44 bits per heavy atom. The van der Waals surface area contributed by atoms with Crippen molar-refractivity contribution in [1.82, 2.24) is 19.6 Å². The first kappa shape index (κ1) is 24.4. The van der Waals surface area contributed by atoms with Crippen LogP contribution in [-0.2, 0) is 14.3 Å². The number of morpholine rings is 1. The van der Waals surface area contributed by atoms with E-state index in [9.17, 15) is 14.7 Å². The number of para-hydroxylation sites is 1. The van der Waals surface area contributed by atoms with Gasteiger partial charge in [0.05, 0.1) is 48.0 Å². The number of carbonyl (C=O) groups excluding carboxylic acids is 2. The van der Waals surface area contributed by atoms with Gasteiger partial charge in [0, 0.05) is 30.7 Å². The third kappa shape index (κ3) is 4.61. The highest BCUT2D eigenvalue weighted by molar-refractivity contribution is 9.10. The summed E-state index contributed by atoms with van der Waals surface area (Å²) in [5, 5.41) is 15.9. The smallest absolute Gasteiger partial charge is 0.295 e. The third-order valence-electron chi connectivity index (χ3n) is 6.75. The van der Waals surface area contributed by atoms with Crippen LogP contribution in [-0.4, -0.2) is 75.8 Å². The van der Waals surface area contributed by atoms with Crippen molar-refractivity contribution in [1.29, 1.82) is 0 Å². The van der Waals surface area contributed by atoms with Crippen molar-refractivity contribution in [3.8, 4) is 5.69 Å². The average Bonchev–Trinajstić information content (AvgIpc) is 3.41. The maximum Gasteiger partial charge on any atom is 0.295 e. The van der Waals surface area contributed by atoms with Crippen LogP contribution in [0.1, 0.15) is 22.9 Å². The minimum Gasteiger partial charge on any atom is -0.507 e. The van der Waals surface area contributed by atoms with Crippen LogP contribution in [0.3, 0.4) is 0 Å². The van der Waals surface area contributed by atoms with Crippen LogP contribution in [0.2, 0.25) is 0 Å². The van der Waals surface area contributed by atoms with Gasteiger partial charge in [-0.1, -0.05) is 46.3 Å². The molecule has 1 amide bonds. The molecule has 1 unspecified atom stereocenters. The lowest BCUT2D eigenvalue weighted by molar-refractivity contribution is -0.140. The number of halogens is 1. The van der Waals surface area contributed by atoms with Gasteiger partial charge in [0.1, 0.15) is 5.76 Å². The predicted molar refractivity (Wildman–Crippen MR) is 139 cm³/mol. The van der Waals surface area contributed by atoms with E-state index in [1.165, 1.54) is 6.20 Å². The van der Waals surface area contributed by atoms with Gasteiger partial charge in [-0.15, -0.1) is 0 Å². The summed E-state index contributed by atoms with van der Waals surface area (Å²) in [4.78, 5) is 30.4. The van der Waals surface area contributed by atoms with Crippen LogP contribution in [0, 0.1) is 6.92 Å². The van der Waals surface area contributed by atoms with Gasteiger partial charge in [-0.25, -0.2) is 4.68 Å². The van der Waals surface area contributed by atoms with E-state index >= 15 is 0 Å². The number of aromatic nitrogens is 2. The number of ether oxygens (including phenoxy) is 1. The van der Waals surface area contributed by atoms with E-state index in [0.717, 1.165) is 28.8 Å². The molecule has 0 radical (unpaired) electrons. The highest BCUT2D eigenvalue weighted by Crippen LogP contribution is 2.40. The number of aliphatic hydroxyl groups excluding tert-OH is 1. The Morgan fingerprint density at radius 1 is 1.06 bits per heavy atom. The van der Waals surface area contributed by atoms with Gasteiger partial charge in [0.2, 0.25) is 0 Å². The molecule has 186 valence electrons. The first-order chi connectivity index (χ1) is 17.5. The van der Waals surface area contributed by atoms with Crippen LogP contribution >= 0.6 is 15.9 Å². The van der Waals surface area contributed by atoms with Crippen molar-refractivity contribution in [2.24, 2.45) is 0 Å². The second kappa shape index (κ2) is 10.4. The maximum atomic E-state index is 13.3. The first-order valence-electron chi connectivity index (χ1n) is 11.9. The van der Waals surface area contributed by atoms with Gasteiger partial charge in [-0.3, -0.25) is 14.5 Å². The standard InChI is InChI=1S/C27H27BrN4O4/c1-18-22(17-29-32(18)21-5-3-2-4-6-21)25(33)23-24(19-7-9-20(28)10-8-19)31(27(35)26(23)34)12-11-30-13-15-36-16-14-30/h2-10,17,24,33H,11-16H2,1H3/b25-23-. The molecule has 2 aromatic carbocycles. The van der Waals surface area contributed by atoms with Crippen LogP contribution < -0.4 is 0 Å². The predicted octanol–water partition coefficient (Wildman–Crippen LogP) is 3.70. The van der Waals surface area contributed by atoms with Gasteiger partial charge in [-0.2, -0.15) is 5.10 Å². The van der Waals surface area contributed by atoms with Crippen molar-refractivity contribution in [2.75, 3.05) is 39.4 Å². The molecule has 5 rings (SSSR count). The molecule has 36 heavy (non-hydrogen) atoms. The van der Waals surface area contributed by atoms with Crippen molar-refractivity contribution in [3.05, 3.63) is 87.7 Å². The summed E-state index contributed by atoms with van der Waals surface area (Å²) in [5.41, 5.74) is 2.78. The first-order valence-corrected chi connectivity index (χ1v) is 12.7. The number of nitrogens with zero attached hydrogens (tertiary/aromatic N) is 4. The fourth-order valence-corrected chi connectivity index (χ4v) is 5.06. The molecule has 2 fully saturated rings. The number of hydrogen-bond acceptors (Lipinski definition) is 6. The highest BCUT2D eigenvalue weighted by Gasteiger charge is 2.46. The largest absolute Gasteiger partial charge is 0.507 e. The molecule has 0 bridgehead atoms. The number of Topliss-reactive ketones (excluding diaryl/α,β-unsaturated/α-hetero) is 1. The fraction of sp³-hybridized carbons (Fsp3) is 0.296. The molecular weight excluding hydrogens is 524 g/mol. The molecule has 3 heterocycles. The Bertz CT molecular complexity index is 1300. The van der Waals surface area contributed by atoms with Crippen LogP contribution in [0.5, 0.6) is 0 Å². The van der Waals surface area contributed by atoms with E-state index in [1.54, 1.807) is 9.58 Å². The van der Waals surface area contributed by atoms with E-state index in [0.29, 0.717) is 37.6 Å². The summed E-state index contributed by atoms with van der Waals surface area (Å²) in [6.07, 6.45) is 1.54. The van der Waals surface area contributed by atoms with Gasteiger partial charge in [0.25, 0.3) is 11.7 Å². The molecule has 9 heteroatoms. The monoisotopic (exact) mass is 550 g/mol. The van der Waals surface area contributed by atoms with E-state index in [1.807, 2.05) is 61.5 Å². The molecule has 0 spiro atoms. The summed E-state index contributed by atoms with van der Waals surface area (Å²) < 4.78 is 8.02. The van der Waals surface area contributed by atoms with E-state index in [2.05, 4.69) is 25.9 Å². The second-order valence-electron chi connectivity index (χ2n) is 8.89. The van der Waals surface area contributed by atoms with Gasteiger partial charge in [0.15, 0.2) is 0 Å². The van der Waals surface area contributed by atoms with E-state index in [-0.39, 0.29) is 11.3 Å². The number of rotatable bonds is 6. The molecule has 2 aliphatic heterocycles. The number of carbonyl (C=O) groups is 2. The van der Waals surface area contributed by atoms with E-state index in [4.69, 9.17) is 4.74 Å². The molecule has 0 aliphatic carbocycles. The SMILES string of the molecule is Cc1c(/C(O)=C2/C(=O)C(=O)N(CCN3CCOCC3)C2c2ccc(Br)cc2)cnn1-c1ccccc1. The van der Waals surface area contributed by atoms with Gasteiger partial charge < -0.3 is 14.7 Å². The van der Waals surface area contributed by atoms with Crippen LogP contribution in [0.4, 0.5) is 0 Å². The zero-order chi connectivity index (χ0) is 25.2. The third-order valence-corrected chi connectivity index (χ3v) is 7.28. The average molecular weight is 551 g/mol. The van der Waals surface area contributed by atoms with E-state index < -0.39 is 17.7 Å².